The van der Waals surface area contributed by atoms with E-state index in [0.29, 0.717) is 5.69 Å². The van der Waals surface area contributed by atoms with Crippen molar-refractivity contribution in [3.8, 4) is 5.69 Å². The van der Waals surface area contributed by atoms with Crippen molar-refractivity contribution in [1.29, 1.82) is 0 Å². The number of nitro groups is 1. The Morgan fingerprint density at radius 2 is 1.88 bits per heavy atom. The number of ether oxygens (including phenoxy) is 1. The number of nitro benzene ring substituents is 1. The minimum Gasteiger partial charge on any atom is -0.462 e. The molecule has 0 bridgehead atoms. The van der Waals surface area contributed by atoms with Crippen LogP contribution in [0.15, 0.2) is 58.1 Å². The minimum atomic E-state index is -0.742. The van der Waals surface area contributed by atoms with Gasteiger partial charge in [0, 0.05) is 27.5 Å². The summed E-state index contributed by atoms with van der Waals surface area (Å²) in [7, 11) is 0. The number of nitrogens with one attached hydrogen (secondary N) is 1. The number of hydrogen-bond donors (Lipinski definition) is 1. The van der Waals surface area contributed by atoms with Crippen LogP contribution in [0.5, 0.6) is 0 Å². The molecule has 1 aromatic heterocycles. The molecule has 1 N–H and O–H groups in total. The SMILES string of the molecule is CCOC(=O)c1ccc(-n2c(C)cc(/C=N/NC(=O)Cc3ccc(Br)cc3)c2C)cc1[N+](=O)[O-]. The summed E-state index contributed by atoms with van der Waals surface area (Å²) in [5, 5.41) is 15.6. The van der Waals surface area contributed by atoms with Crippen molar-refractivity contribution in [3.63, 3.8) is 0 Å². The number of benzene rings is 2. The van der Waals surface area contributed by atoms with E-state index >= 15 is 0 Å². The van der Waals surface area contributed by atoms with Crippen LogP contribution in [0.25, 0.3) is 5.69 Å². The molecule has 0 aliphatic heterocycles. The zero-order chi connectivity index (χ0) is 24.8. The Kier molecular flexibility index (Phi) is 7.95. The lowest BCUT2D eigenvalue weighted by Crippen LogP contribution is -2.19. The molecule has 0 radical (unpaired) electrons. The molecule has 0 fully saturated rings. The van der Waals surface area contributed by atoms with Crippen LogP contribution in [0.2, 0.25) is 0 Å². The largest absolute Gasteiger partial charge is 0.462 e. The summed E-state index contributed by atoms with van der Waals surface area (Å²) in [5.74, 6) is -0.994. The monoisotopic (exact) mass is 526 g/mol. The average Bonchev–Trinajstić information content (AvgIpc) is 3.08. The van der Waals surface area contributed by atoms with E-state index in [2.05, 4.69) is 26.5 Å². The zero-order valence-electron chi connectivity index (χ0n) is 18.9. The lowest BCUT2D eigenvalue weighted by molar-refractivity contribution is -0.385. The number of hydrogen-bond acceptors (Lipinski definition) is 6. The highest BCUT2D eigenvalue weighted by atomic mass is 79.9. The van der Waals surface area contributed by atoms with Gasteiger partial charge < -0.3 is 9.30 Å². The third kappa shape index (κ3) is 5.76. The normalized spacial score (nSPS) is 10.9. The van der Waals surface area contributed by atoms with Crippen molar-refractivity contribution in [2.24, 2.45) is 5.10 Å². The van der Waals surface area contributed by atoms with E-state index < -0.39 is 10.9 Å². The van der Waals surface area contributed by atoms with Crippen molar-refractivity contribution in [2.75, 3.05) is 6.61 Å². The van der Waals surface area contributed by atoms with Crippen LogP contribution in [0.4, 0.5) is 5.69 Å². The molecule has 0 unspecified atom stereocenters. The molecule has 0 aliphatic rings. The Morgan fingerprint density at radius 1 is 1.18 bits per heavy atom. The summed E-state index contributed by atoms with van der Waals surface area (Å²) >= 11 is 3.36. The molecular formula is C24H23BrN4O5. The highest BCUT2D eigenvalue weighted by molar-refractivity contribution is 9.10. The van der Waals surface area contributed by atoms with Crippen LogP contribution < -0.4 is 5.43 Å². The first kappa shape index (κ1) is 24.8. The number of amides is 1. The molecule has 1 amide bonds. The van der Waals surface area contributed by atoms with Gasteiger partial charge in [0.05, 0.1) is 29.9 Å². The van der Waals surface area contributed by atoms with Crippen LogP contribution in [0, 0.1) is 24.0 Å². The topological polar surface area (TPSA) is 116 Å². The van der Waals surface area contributed by atoms with Gasteiger partial charge in [0.15, 0.2) is 0 Å². The van der Waals surface area contributed by atoms with E-state index in [1.165, 1.54) is 18.3 Å². The standard InChI is InChI=1S/C24H23BrN4O5/c1-4-34-24(31)21-10-9-20(13-22(21)29(32)33)28-15(2)11-18(16(28)3)14-26-27-23(30)12-17-5-7-19(25)8-6-17/h5-11,13-14H,4,12H2,1-3H3,(H,27,30)/b26-14+. The van der Waals surface area contributed by atoms with Gasteiger partial charge in [-0.1, -0.05) is 28.1 Å². The van der Waals surface area contributed by atoms with Crippen LogP contribution in [-0.2, 0) is 16.0 Å². The Bertz CT molecular complexity index is 1270. The Hall–Kier alpha value is -3.79. The van der Waals surface area contributed by atoms with Gasteiger partial charge in [-0.2, -0.15) is 5.10 Å². The van der Waals surface area contributed by atoms with E-state index in [1.54, 1.807) is 13.0 Å². The molecule has 10 heteroatoms. The quantitative estimate of drug-likeness (QED) is 0.198. The fourth-order valence-electron chi connectivity index (χ4n) is 3.51. The highest BCUT2D eigenvalue weighted by Crippen LogP contribution is 2.27. The lowest BCUT2D eigenvalue weighted by Gasteiger charge is -2.11. The fourth-order valence-corrected chi connectivity index (χ4v) is 3.77. The van der Waals surface area contributed by atoms with E-state index in [4.69, 9.17) is 4.74 Å². The van der Waals surface area contributed by atoms with Gasteiger partial charge in [-0.25, -0.2) is 10.2 Å². The van der Waals surface area contributed by atoms with Crippen molar-refractivity contribution in [3.05, 3.63) is 91.2 Å². The number of halogens is 1. The predicted octanol–water partition coefficient (Wildman–Crippen LogP) is 4.63. The van der Waals surface area contributed by atoms with Gasteiger partial charge in [-0.05, 0) is 56.7 Å². The Labute approximate surface area is 204 Å². The zero-order valence-corrected chi connectivity index (χ0v) is 20.5. The predicted molar refractivity (Wildman–Crippen MR) is 131 cm³/mol. The van der Waals surface area contributed by atoms with E-state index in [-0.39, 0.29) is 30.2 Å². The number of carbonyl (C=O) groups is 2. The number of carbonyl (C=O) groups excluding carboxylic acids is 2. The summed E-state index contributed by atoms with van der Waals surface area (Å²) in [6.45, 7) is 5.44. The van der Waals surface area contributed by atoms with Crippen molar-refractivity contribution >= 4 is 39.7 Å². The van der Waals surface area contributed by atoms with E-state index in [9.17, 15) is 19.7 Å². The molecule has 3 aromatic rings. The first-order chi connectivity index (χ1) is 16.2. The Balaban J connectivity index is 1.80. The van der Waals surface area contributed by atoms with Crippen molar-refractivity contribution in [1.82, 2.24) is 9.99 Å². The van der Waals surface area contributed by atoms with Crippen LogP contribution in [-0.4, -0.2) is 34.2 Å². The maximum Gasteiger partial charge on any atom is 0.345 e. The summed E-state index contributed by atoms with van der Waals surface area (Å²) in [5.41, 5.74) is 5.77. The summed E-state index contributed by atoms with van der Waals surface area (Å²) in [6, 6.07) is 13.6. The van der Waals surface area contributed by atoms with Gasteiger partial charge in [-0.15, -0.1) is 0 Å². The van der Waals surface area contributed by atoms with Gasteiger partial charge in [-0.3, -0.25) is 14.9 Å². The number of rotatable bonds is 8. The smallest absolute Gasteiger partial charge is 0.345 e. The third-order valence-corrected chi connectivity index (χ3v) is 5.60. The van der Waals surface area contributed by atoms with Gasteiger partial charge in [0.25, 0.3) is 5.69 Å². The molecule has 0 saturated carbocycles. The fraction of sp³-hybridized carbons (Fsp3) is 0.208. The molecule has 3 rings (SSSR count). The lowest BCUT2D eigenvalue weighted by atomic mass is 10.1. The molecule has 0 spiro atoms. The molecular weight excluding hydrogens is 504 g/mol. The number of hydrazone groups is 1. The van der Waals surface area contributed by atoms with Gasteiger partial charge in [0.1, 0.15) is 5.56 Å². The van der Waals surface area contributed by atoms with Gasteiger partial charge >= 0.3 is 5.97 Å². The first-order valence-electron chi connectivity index (χ1n) is 10.4. The summed E-state index contributed by atoms with van der Waals surface area (Å²) < 4.78 is 7.67. The Morgan fingerprint density at radius 3 is 2.53 bits per heavy atom. The van der Waals surface area contributed by atoms with Crippen molar-refractivity contribution in [2.45, 2.75) is 27.2 Å². The van der Waals surface area contributed by atoms with Gasteiger partial charge in [0.2, 0.25) is 5.91 Å². The first-order valence-corrected chi connectivity index (χ1v) is 11.2. The second-order valence-corrected chi connectivity index (χ2v) is 8.35. The molecule has 1 heterocycles. The maximum absolute atomic E-state index is 12.2. The molecule has 176 valence electrons. The molecule has 0 aliphatic carbocycles. The van der Waals surface area contributed by atoms with E-state index in [1.807, 2.05) is 48.7 Å². The van der Waals surface area contributed by atoms with Crippen LogP contribution in [0.3, 0.4) is 0 Å². The average molecular weight is 527 g/mol. The molecule has 0 atom stereocenters. The van der Waals surface area contributed by atoms with Crippen LogP contribution in [0.1, 0.15) is 39.8 Å². The maximum atomic E-state index is 12.2. The summed E-state index contributed by atoms with van der Waals surface area (Å²) in [6.07, 6.45) is 1.72. The van der Waals surface area contributed by atoms with E-state index in [0.717, 1.165) is 27.0 Å². The van der Waals surface area contributed by atoms with Crippen LogP contribution >= 0.6 is 15.9 Å². The number of aromatic nitrogens is 1. The molecule has 0 saturated heterocycles. The molecule has 2 aromatic carbocycles. The van der Waals surface area contributed by atoms with Crippen molar-refractivity contribution < 1.29 is 19.2 Å². The minimum absolute atomic E-state index is 0.103. The number of nitrogens with zero attached hydrogens (tertiary/aromatic N) is 3. The molecule has 34 heavy (non-hydrogen) atoms. The number of esters is 1. The highest BCUT2D eigenvalue weighted by Gasteiger charge is 2.23. The second kappa shape index (κ2) is 10.9. The third-order valence-electron chi connectivity index (χ3n) is 5.07. The second-order valence-electron chi connectivity index (χ2n) is 7.44. The number of aryl methyl sites for hydroxylation is 1. The summed E-state index contributed by atoms with van der Waals surface area (Å²) in [4.78, 5) is 35.2. The molecule has 9 nitrogen and oxygen atoms in total.